The number of hydrazine groups is 1. The van der Waals surface area contributed by atoms with Crippen LogP contribution in [0.15, 0.2) is 54.6 Å². The van der Waals surface area contributed by atoms with Crippen molar-refractivity contribution in [2.75, 3.05) is 5.32 Å². The molecule has 0 saturated heterocycles. The highest BCUT2D eigenvalue weighted by Gasteiger charge is 2.09. The number of para-hydroxylation sites is 1. The van der Waals surface area contributed by atoms with E-state index in [0.717, 1.165) is 6.08 Å². The Morgan fingerprint density at radius 1 is 1.12 bits per heavy atom. The van der Waals surface area contributed by atoms with Gasteiger partial charge in [-0.1, -0.05) is 12.1 Å². The van der Waals surface area contributed by atoms with Gasteiger partial charge in [0, 0.05) is 17.8 Å². The highest BCUT2D eigenvalue weighted by atomic mass is 32.1. The minimum absolute atomic E-state index is 0.0963. The summed E-state index contributed by atoms with van der Waals surface area (Å²) in [5.74, 6) is -0.931. The Kier molecular flexibility index (Phi) is 6.13. The van der Waals surface area contributed by atoms with Gasteiger partial charge in [-0.05, 0) is 48.6 Å². The molecule has 0 saturated carbocycles. The zero-order valence-electron chi connectivity index (χ0n) is 12.7. The molecule has 0 spiro atoms. The van der Waals surface area contributed by atoms with Crippen LogP contribution in [0.25, 0.3) is 6.08 Å². The lowest BCUT2D eigenvalue weighted by Crippen LogP contribution is -2.43. The fourth-order valence-corrected chi connectivity index (χ4v) is 1.98. The standard InChI is InChI=1S/C16H13FN4O3S/c17-12-6-8-13(9-7-12)18-16(25)20-19-15(22)10-5-11-3-1-2-4-14(11)21(23)24/h1-10H,(H,19,22)(H2,18,20,25)/b10-5+. The summed E-state index contributed by atoms with van der Waals surface area (Å²) in [6.45, 7) is 0. The molecule has 0 fully saturated rings. The van der Waals surface area contributed by atoms with Gasteiger partial charge in [-0.25, -0.2) is 4.39 Å². The van der Waals surface area contributed by atoms with E-state index in [9.17, 15) is 19.3 Å². The molecule has 0 radical (unpaired) electrons. The van der Waals surface area contributed by atoms with Gasteiger partial charge in [0.2, 0.25) is 0 Å². The number of benzene rings is 2. The van der Waals surface area contributed by atoms with Gasteiger partial charge in [0.15, 0.2) is 5.11 Å². The first-order valence-corrected chi connectivity index (χ1v) is 7.40. The zero-order chi connectivity index (χ0) is 18.2. The summed E-state index contributed by atoms with van der Waals surface area (Å²) in [6.07, 6.45) is 2.46. The fraction of sp³-hybridized carbons (Fsp3) is 0. The molecule has 0 aromatic heterocycles. The van der Waals surface area contributed by atoms with Crippen molar-refractivity contribution >= 4 is 40.7 Å². The number of carbonyl (C=O) groups excluding carboxylic acids is 1. The molecule has 7 nitrogen and oxygen atoms in total. The topological polar surface area (TPSA) is 96.3 Å². The van der Waals surface area contributed by atoms with Crippen LogP contribution in [0.3, 0.4) is 0 Å². The molecular formula is C16H13FN4O3S. The molecule has 0 aliphatic heterocycles. The highest BCUT2D eigenvalue weighted by Crippen LogP contribution is 2.18. The first-order valence-electron chi connectivity index (χ1n) is 7.00. The second-order valence-corrected chi connectivity index (χ2v) is 5.13. The Morgan fingerprint density at radius 3 is 2.48 bits per heavy atom. The molecule has 2 aromatic rings. The van der Waals surface area contributed by atoms with Crippen LogP contribution in [0.1, 0.15) is 5.56 Å². The van der Waals surface area contributed by atoms with Gasteiger partial charge in [-0.15, -0.1) is 0 Å². The second-order valence-electron chi connectivity index (χ2n) is 4.72. The van der Waals surface area contributed by atoms with E-state index in [4.69, 9.17) is 12.2 Å². The van der Waals surface area contributed by atoms with Crippen LogP contribution in [-0.4, -0.2) is 15.9 Å². The number of nitrogens with zero attached hydrogens (tertiary/aromatic N) is 1. The summed E-state index contributed by atoms with van der Waals surface area (Å²) < 4.78 is 12.8. The van der Waals surface area contributed by atoms with Crippen LogP contribution in [-0.2, 0) is 4.79 Å². The average Bonchev–Trinajstić information content (AvgIpc) is 2.60. The molecule has 9 heteroatoms. The van der Waals surface area contributed by atoms with Crippen molar-refractivity contribution in [2.45, 2.75) is 0 Å². The number of anilines is 1. The molecule has 0 heterocycles. The number of hydrogen-bond donors (Lipinski definition) is 3. The number of rotatable bonds is 4. The number of amides is 1. The summed E-state index contributed by atoms with van der Waals surface area (Å²) in [5.41, 5.74) is 5.51. The second kappa shape index (κ2) is 8.50. The van der Waals surface area contributed by atoms with Crippen molar-refractivity contribution in [1.82, 2.24) is 10.9 Å². The van der Waals surface area contributed by atoms with Gasteiger partial charge < -0.3 is 5.32 Å². The van der Waals surface area contributed by atoms with Crippen molar-refractivity contribution in [3.63, 3.8) is 0 Å². The molecule has 0 aliphatic carbocycles. The van der Waals surface area contributed by atoms with Crippen molar-refractivity contribution in [1.29, 1.82) is 0 Å². The van der Waals surface area contributed by atoms with Crippen molar-refractivity contribution in [2.24, 2.45) is 0 Å². The molecule has 3 N–H and O–H groups in total. The van der Waals surface area contributed by atoms with Gasteiger partial charge in [-0.2, -0.15) is 0 Å². The lowest BCUT2D eigenvalue weighted by atomic mass is 10.1. The molecule has 2 rings (SSSR count). The first kappa shape index (κ1) is 18.0. The maximum absolute atomic E-state index is 12.8. The molecular weight excluding hydrogens is 347 g/mol. The van der Waals surface area contributed by atoms with Gasteiger partial charge >= 0.3 is 0 Å². The highest BCUT2D eigenvalue weighted by molar-refractivity contribution is 7.80. The minimum atomic E-state index is -0.554. The average molecular weight is 360 g/mol. The quantitative estimate of drug-likeness (QED) is 0.336. The Balaban J connectivity index is 1.87. The first-order chi connectivity index (χ1) is 12.0. The Hall–Kier alpha value is -3.33. The van der Waals surface area contributed by atoms with Crippen LogP contribution in [0.5, 0.6) is 0 Å². The maximum Gasteiger partial charge on any atom is 0.276 e. The van der Waals surface area contributed by atoms with Crippen molar-refractivity contribution in [3.05, 3.63) is 76.1 Å². The number of nitro benzene ring substituents is 1. The molecule has 1 amide bonds. The number of nitro groups is 1. The largest absolute Gasteiger partial charge is 0.331 e. The lowest BCUT2D eigenvalue weighted by Gasteiger charge is -2.10. The summed E-state index contributed by atoms with van der Waals surface area (Å²) in [6, 6.07) is 11.5. The molecule has 128 valence electrons. The van der Waals surface area contributed by atoms with E-state index in [1.807, 2.05) is 0 Å². The van der Waals surface area contributed by atoms with E-state index in [1.54, 1.807) is 6.07 Å². The molecule has 2 aromatic carbocycles. The van der Waals surface area contributed by atoms with Crippen LogP contribution in [0.4, 0.5) is 15.8 Å². The monoisotopic (exact) mass is 360 g/mol. The molecule has 0 atom stereocenters. The Labute approximate surface area is 147 Å². The van der Waals surface area contributed by atoms with Crippen LogP contribution < -0.4 is 16.2 Å². The fourth-order valence-electron chi connectivity index (χ4n) is 1.82. The van der Waals surface area contributed by atoms with Gasteiger partial charge in [0.1, 0.15) is 5.82 Å². The van der Waals surface area contributed by atoms with E-state index in [2.05, 4.69) is 16.2 Å². The summed E-state index contributed by atoms with van der Waals surface area (Å²) >= 11 is 4.98. The van der Waals surface area contributed by atoms with Crippen LogP contribution in [0.2, 0.25) is 0 Å². The van der Waals surface area contributed by atoms with Gasteiger partial charge in [0.25, 0.3) is 11.6 Å². The smallest absolute Gasteiger partial charge is 0.276 e. The van der Waals surface area contributed by atoms with Gasteiger partial charge in [-0.3, -0.25) is 25.8 Å². The molecule has 0 unspecified atom stereocenters. The summed E-state index contributed by atoms with van der Waals surface area (Å²) in [7, 11) is 0. The van der Waals surface area contributed by atoms with Crippen LogP contribution >= 0.6 is 12.2 Å². The maximum atomic E-state index is 12.8. The SMILES string of the molecule is O=C(/C=C/c1ccccc1[N+](=O)[O-])NNC(=S)Nc1ccc(F)cc1. The van der Waals surface area contributed by atoms with E-state index < -0.39 is 10.8 Å². The number of nitrogens with one attached hydrogen (secondary N) is 3. The summed E-state index contributed by atoms with van der Waals surface area (Å²) in [5, 5.41) is 13.7. The van der Waals surface area contributed by atoms with Gasteiger partial charge in [0.05, 0.1) is 10.5 Å². The van der Waals surface area contributed by atoms with E-state index >= 15 is 0 Å². The predicted molar refractivity (Wildman–Crippen MR) is 96.0 cm³/mol. The third-order valence-electron chi connectivity index (χ3n) is 2.95. The number of carbonyl (C=O) groups is 1. The van der Waals surface area contributed by atoms with E-state index in [-0.39, 0.29) is 16.6 Å². The zero-order valence-corrected chi connectivity index (χ0v) is 13.5. The third-order valence-corrected chi connectivity index (χ3v) is 3.15. The third kappa shape index (κ3) is 5.66. The number of hydrogen-bond acceptors (Lipinski definition) is 4. The molecule has 0 aliphatic rings. The predicted octanol–water partition coefficient (Wildman–Crippen LogP) is 2.76. The Bertz CT molecular complexity index is 824. The normalized spacial score (nSPS) is 10.3. The summed E-state index contributed by atoms with van der Waals surface area (Å²) in [4.78, 5) is 22.1. The Morgan fingerprint density at radius 2 is 1.80 bits per heavy atom. The van der Waals surface area contributed by atoms with E-state index in [0.29, 0.717) is 11.3 Å². The molecule has 25 heavy (non-hydrogen) atoms. The van der Waals surface area contributed by atoms with Crippen molar-refractivity contribution in [3.8, 4) is 0 Å². The van der Waals surface area contributed by atoms with Crippen LogP contribution in [0, 0.1) is 15.9 Å². The number of halogens is 1. The van der Waals surface area contributed by atoms with Crippen molar-refractivity contribution < 1.29 is 14.1 Å². The van der Waals surface area contributed by atoms with E-state index in [1.165, 1.54) is 48.5 Å². The molecule has 0 bridgehead atoms. The number of thiocarbonyl (C=S) groups is 1. The lowest BCUT2D eigenvalue weighted by molar-refractivity contribution is -0.385. The minimum Gasteiger partial charge on any atom is -0.331 e.